The van der Waals surface area contributed by atoms with Gasteiger partial charge in [-0.1, -0.05) is 6.92 Å². The smallest absolute Gasteiger partial charge is 0.0238 e. The second kappa shape index (κ2) is 4.09. The maximum atomic E-state index is 8.63. The van der Waals surface area contributed by atoms with Gasteiger partial charge >= 0.3 is 0 Å². The topological polar surface area (TPSA) is 23.5 Å². The molecule has 1 radical (unpaired) electrons. The Hall–Kier alpha value is -0.0800. The minimum absolute atomic E-state index is 0.480. The first-order valence-corrected chi connectivity index (χ1v) is 2.54. The van der Waals surface area contributed by atoms with Crippen molar-refractivity contribution in [3.05, 3.63) is 6.92 Å². The molecule has 0 aliphatic rings. The van der Waals surface area contributed by atoms with Gasteiger partial charge in [0.1, 0.15) is 0 Å². The van der Waals surface area contributed by atoms with Gasteiger partial charge in [-0.2, -0.15) is 5.06 Å². The number of hydrogen-bond acceptors (Lipinski definition) is 2. The van der Waals surface area contributed by atoms with Crippen LogP contribution in [0.15, 0.2) is 0 Å². The zero-order chi connectivity index (χ0) is 5.70. The predicted octanol–water partition coefficient (Wildman–Crippen LogP) is 0.922. The molecule has 1 N–H and O–H groups in total. The molecule has 0 aromatic carbocycles. The highest BCUT2D eigenvalue weighted by Crippen LogP contribution is 1.81. The molecule has 0 amide bonds. The Bertz CT molecular complexity index is 39.1. The van der Waals surface area contributed by atoms with Gasteiger partial charge in [0.15, 0.2) is 0 Å². The second-order valence-electron chi connectivity index (χ2n) is 1.45. The van der Waals surface area contributed by atoms with Crippen LogP contribution in [0.25, 0.3) is 0 Å². The van der Waals surface area contributed by atoms with Gasteiger partial charge in [-0.3, -0.25) is 0 Å². The molecule has 0 heterocycles. The largest absolute Gasteiger partial charge is 0.314 e. The molecule has 43 valence electrons. The van der Waals surface area contributed by atoms with E-state index in [4.69, 9.17) is 5.21 Å². The lowest BCUT2D eigenvalue weighted by Gasteiger charge is -2.07. The van der Waals surface area contributed by atoms with Crippen LogP contribution >= 0.6 is 0 Å². The van der Waals surface area contributed by atoms with E-state index in [1.54, 1.807) is 0 Å². The van der Waals surface area contributed by atoms with Crippen molar-refractivity contribution in [3.8, 4) is 0 Å². The standard InChI is InChI=1S/C5H12NO/c1-3-5-6(7)4-2/h7H,2-5H2,1H3. The van der Waals surface area contributed by atoms with Crippen LogP contribution in [-0.4, -0.2) is 23.4 Å². The molecule has 0 bridgehead atoms. The Morgan fingerprint density at radius 2 is 2.29 bits per heavy atom. The molecule has 2 heteroatoms. The van der Waals surface area contributed by atoms with Crippen LogP contribution in [-0.2, 0) is 0 Å². The van der Waals surface area contributed by atoms with Crippen LogP contribution in [0, 0.1) is 6.92 Å². The first-order chi connectivity index (χ1) is 3.31. The highest BCUT2D eigenvalue weighted by Gasteiger charge is 1.88. The van der Waals surface area contributed by atoms with Crippen LogP contribution < -0.4 is 0 Å². The first kappa shape index (κ1) is 6.92. The SMILES string of the molecule is [CH2]CN(O)CCC. The van der Waals surface area contributed by atoms with E-state index >= 15 is 0 Å². The van der Waals surface area contributed by atoms with E-state index < -0.39 is 0 Å². The first-order valence-electron chi connectivity index (χ1n) is 2.54. The Morgan fingerprint density at radius 1 is 1.71 bits per heavy atom. The fraction of sp³-hybridized carbons (Fsp3) is 0.800. The Kier molecular flexibility index (Phi) is 4.04. The Morgan fingerprint density at radius 3 is 2.43 bits per heavy atom. The summed E-state index contributed by atoms with van der Waals surface area (Å²) >= 11 is 0. The summed E-state index contributed by atoms with van der Waals surface area (Å²) in [6.07, 6.45) is 0.978. The summed E-state index contributed by atoms with van der Waals surface area (Å²) in [5.74, 6) is 0. The summed E-state index contributed by atoms with van der Waals surface area (Å²) in [6.45, 7) is 6.70. The van der Waals surface area contributed by atoms with Crippen molar-refractivity contribution in [1.82, 2.24) is 5.06 Å². The van der Waals surface area contributed by atoms with Gasteiger partial charge in [0, 0.05) is 13.1 Å². The van der Waals surface area contributed by atoms with Crippen molar-refractivity contribution in [1.29, 1.82) is 0 Å². The minimum atomic E-state index is 0.480. The summed E-state index contributed by atoms with van der Waals surface area (Å²) in [5.41, 5.74) is 0. The van der Waals surface area contributed by atoms with Gasteiger partial charge in [0.2, 0.25) is 0 Å². The lowest BCUT2D eigenvalue weighted by atomic mass is 10.5. The van der Waals surface area contributed by atoms with E-state index in [0.29, 0.717) is 6.54 Å². The molecular weight excluding hydrogens is 90.1 g/mol. The van der Waals surface area contributed by atoms with Gasteiger partial charge in [-0.05, 0) is 13.3 Å². The fourth-order valence-electron chi connectivity index (χ4n) is 0.370. The van der Waals surface area contributed by atoms with Crippen LogP contribution in [0.1, 0.15) is 13.3 Å². The Labute approximate surface area is 44.7 Å². The highest BCUT2D eigenvalue weighted by atomic mass is 16.5. The van der Waals surface area contributed by atoms with Crippen LogP contribution in [0.5, 0.6) is 0 Å². The zero-order valence-electron chi connectivity index (χ0n) is 4.72. The second-order valence-corrected chi connectivity index (χ2v) is 1.45. The van der Waals surface area contributed by atoms with Gasteiger partial charge in [-0.15, -0.1) is 0 Å². The van der Waals surface area contributed by atoms with Gasteiger partial charge in [0.25, 0.3) is 0 Å². The quantitative estimate of drug-likeness (QED) is 0.536. The van der Waals surface area contributed by atoms with E-state index in [0.717, 1.165) is 13.0 Å². The van der Waals surface area contributed by atoms with E-state index in [9.17, 15) is 0 Å². The molecule has 0 saturated carbocycles. The molecule has 0 spiro atoms. The number of rotatable bonds is 3. The minimum Gasteiger partial charge on any atom is -0.314 e. The van der Waals surface area contributed by atoms with E-state index in [2.05, 4.69) is 6.92 Å². The molecule has 2 nitrogen and oxygen atoms in total. The third-order valence-electron chi connectivity index (χ3n) is 0.740. The normalized spacial score (nSPS) is 10.3. The van der Waals surface area contributed by atoms with Crippen LogP contribution in [0.2, 0.25) is 0 Å². The van der Waals surface area contributed by atoms with Gasteiger partial charge in [-0.25, -0.2) is 0 Å². The Balaban J connectivity index is 2.83. The van der Waals surface area contributed by atoms with E-state index in [1.807, 2.05) is 6.92 Å². The summed E-state index contributed by atoms with van der Waals surface area (Å²) in [5, 5.41) is 9.82. The maximum Gasteiger partial charge on any atom is 0.0238 e. The van der Waals surface area contributed by atoms with Gasteiger partial charge in [0.05, 0.1) is 0 Å². The predicted molar refractivity (Wildman–Crippen MR) is 29.0 cm³/mol. The summed E-state index contributed by atoms with van der Waals surface area (Å²) in [4.78, 5) is 0. The number of nitrogens with zero attached hydrogens (tertiary/aromatic N) is 1. The van der Waals surface area contributed by atoms with Crippen molar-refractivity contribution in [3.63, 3.8) is 0 Å². The van der Waals surface area contributed by atoms with Crippen molar-refractivity contribution < 1.29 is 5.21 Å². The fourth-order valence-corrected chi connectivity index (χ4v) is 0.370. The van der Waals surface area contributed by atoms with Crippen molar-refractivity contribution in [2.24, 2.45) is 0 Å². The van der Waals surface area contributed by atoms with E-state index in [-0.39, 0.29) is 0 Å². The molecule has 0 unspecified atom stereocenters. The third kappa shape index (κ3) is 3.76. The number of hydroxylamine groups is 2. The monoisotopic (exact) mass is 102 g/mol. The van der Waals surface area contributed by atoms with Gasteiger partial charge < -0.3 is 5.21 Å². The van der Waals surface area contributed by atoms with Crippen molar-refractivity contribution in [2.45, 2.75) is 13.3 Å². The molecule has 0 aromatic rings. The molecule has 0 rings (SSSR count). The average molecular weight is 102 g/mol. The summed E-state index contributed by atoms with van der Waals surface area (Å²) in [6, 6.07) is 0. The molecule has 0 aliphatic carbocycles. The molecule has 0 fully saturated rings. The number of hydrogen-bond donors (Lipinski definition) is 1. The van der Waals surface area contributed by atoms with E-state index in [1.165, 1.54) is 5.06 Å². The molecule has 0 atom stereocenters. The molecule has 0 saturated heterocycles. The van der Waals surface area contributed by atoms with Crippen LogP contribution in [0.3, 0.4) is 0 Å². The summed E-state index contributed by atoms with van der Waals surface area (Å²) < 4.78 is 0. The highest BCUT2D eigenvalue weighted by molar-refractivity contribution is 4.42. The third-order valence-corrected chi connectivity index (χ3v) is 0.740. The zero-order valence-corrected chi connectivity index (χ0v) is 4.72. The lowest BCUT2D eigenvalue weighted by Crippen LogP contribution is -2.18. The molecular formula is C5H12NO. The van der Waals surface area contributed by atoms with Crippen LogP contribution in [0.4, 0.5) is 0 Å². The van der Waals surface area contributed by atoms with Crippen molar-refractivity contribution >= 4 is 0 Å². The lowest BCUT2D eigenvalue weighted by molar-refractivity contribution is -0.0804. The maximum absolute atomic E-state index is 8.63. The average Bonchev–Trinajstić information content (AvgIpc) is 1.68. The summed E-state index contributed by atoms with van der Waals surface area (Å²) in [7, 11) is 0. The molecule has 0 aliphatic heterocycles. The van der Waals surface area contributed by atoms with Crippen molar-refractivity contribution in [2.75, 3.05) is 13.1 Å². The molecule has 0 aromatic heterocycles. The molecule has 7 heavy (non-hydrogen) atoms.